The number of unbranched alkanes of at least 4 members (excludes halogenated alkanes) is 34. The third kappa shape index (κ3) is 35.2. The van der Waals surface area contributed by atoms with Gasteiger partial charge in [0.2, 0.25) is 0 Å². The van der Waals surface area contributed by atoms with Crippen LogP contribution in [0.25, 0.3) is 0 Å². The minimum absolute atomic E-state index is 0.108. The maximum Gasteiger partial charge on any atom is 0.306 e. The second-order valence-corrected chi connectivity index (χ2v) is 18.7. The van der Waals surface area contributed by atoms with Gasteiger partial charge in [-0.2, -0.15) is 0 Å². The highest BCUT2D eigenvalue weighted by molar-refractivity contribution is 5.69. The first-order valence-electron chi connectivity index (χ1n) is 26.8. The van der Waals surface area contributed by atoms with Crippen molar-refractivity contribution in [2.45, 2.75) is 295 Å². The minimum Gasteiger partial charge on any atom is -0.457 e. The largest absolute Gasteiger partial charge is 0.457 e. The van der Waals surface area contributed by atoms with Crippen molar-refractivity contribution in [2.24, 2.45) is 0 Å². The maximum atomic E-state index is 12.8. The Bertz CT molecular complexity index is 961. The molecule has 0 radical (unpaired) electrons. The molecule has 0 amide bonds. The summed E-state index contributed by atoms with van der Waals surface area (Å²) in [5.41, 5.74) is 0. The Labute approximate surface area is 382 Å². The highest BCUT2D eigenvalue weighted by atomic mass is 16.7. The monoisotopic (exact) mass is 883 g/mol. The molecule has 0 saturated carbocycles. The Morgan fingerprint density at radius 3 is 1.31 bits per heavy atom. The van der Waals surface area contributed by atoms with Gasteiger partial charge < -0.3 is 39.4 Å². The fraction of sp³-hybridized carbons (Fsp3) is 0.943. The molecule has 1 rings (SSSR count). The van der Waals surface area contributed by atoms with Gasteiger partial charge in [-0.15, -0.1) is 0 Å². The predicted octanol–water partition coefficient (Wildman–Crippen LogP) is 13.2. The van der Waals surface area contributed by atoms with Gasteiger partial charge in [0.1, 0.15) is 30.5 Å². The fourth-order valence-corrected chi connectivity index (χ4v) is 8.49. The molecule has 368 valence electrons. The van der Waals surface area contributed by atoms with Crippen molar-refractivity contribution in [3.63, 3.8) is 0 Å². The maximum absolute atomic E-state index is 12.8. The van der Waals surface area contributed by atoms with Crippen molar-refractivity contribution in [3.8, 4) is 0 Å². The smallest absolute Gasteiger partial charge is 0.306 e. The molecule has 1 fully saturated rings. The van der Waals surface area contributed by atoms with E-state index in [1.807, 2.05) is 0 Å². The molecule has 0 aromatic heterocycles. The number of hydrogen-bond donors (Lipinski definition) is 4. The van der Waals surface area contributed by atoms with Gasteiger partial charge in [-0.1, -0.05) is 225 Å². The quantitative estimate of drug-likeness (QED) is 0.0268. The van der Waals surface area contributed by atoms with Crippen LogP contribution >= 0.6 is 0 Å². The van der Waals surface area contributed by atoms with Crippen LogP contribution in [0.5, 0.6) is 0 Å². The highest BCUT2D eigenvalue weighted by Crippen LogP contribution is 2.23. The first-order valence-corrected chi connectivity index (χ1v) is 26.8. The predicted molar refractivity (Wildman–Crippen MR) is 256 cm³/mol. The Hall–Kier alpha value is -1.07. The number of hydrogen-bond acceptors (Lipinski definition) is 9. The van der Waals surface area contributed by atoms with Gasteiger partial charge >= 0.3 is 5.97 Å². The van der Waals surface area contributed by atoms with Crippen LogP contribution in [0.4, 0.5) is 0 Å². The van der Waals surface area contributed by atoms with Gasteiger partial charge in [-0.05, 0) is 38.5 Å². The average molecular weight is 883 g/mol. The molecular weight excluding hydrogens is 781 g/mol. The Kier molecular flexibility index (Phi) is 42.9. The van der Waals surface area contributed by atoms with Gasteiger partial charge in [0.05, 0.1) is 19.8 Å². The zero-order chi connectivity index (χ0) is 45.0. The van der Waals surface area contributed by atoms with Gasteiger partial charge in [0, 0.05) is 13.0 Å². The summed E-state index contributed by atoms with van der Waals surface area (Å²) < 4.78 is 22.9. The van der Waals surface area contributed by atoms with Crippen LogP contribution in [-0.2, 0) is 23.7 Å². The second-order valence-electron chi connectivity index (χ2n) is 18.7. The molecule has 0 spiro atoms. The number of carbonyl (C=O) groups is 1. The van der Waals surface area contributed by atoms with Gasteiger partial charge in [-0.3, -0.25) is 4.79 Å². The lowest BCUT2D eigenvalue weighted by molar-refractivity contribution is -0.305. The Morgan fingerprint density at radius 2 is 0.887 bits per heavy atom. The molecule has 0 aliphatic carbocycles. The number of aliphatic hydroxyl groups is 4. The van der Waals surface area contributed by atoms with E-state index in [2.05, 4.69) is 26.0 Å². The molecule has 6 atom stereocenters. The molecule has 9 heteroatoms. The molecule has 4 N–H and O–H groups in total. The van der Waals surface area contributed by atoms with E-state index < -0.39 is 43.4 Å². The fourth-order valence-electron chi connectivity index (χ4n) is 8.49. The van der Waals surface area contributed by atoms with Gasteiger partial charge in [-0.25, -0.2) is 0 Å². The SMILES string of the molecule is CCCCCCCCC/C=C\CCCCCCCCCCOCC(COC1OC(CO)C(O)C(O)C1O)OC(=O)CCCCCCCCCCCCCCCCCCCCCC. The van der Waals surface area contributed by atoms with Crippen molar-refractivity contribution in [1.82, 2.24) is 0 Å². The lowest BCUT2D eigenvalue weighted by Crippen LogP contribution is -2.59. The second kappa shape index (κ2) is 45.1. The molecule has 1 aliphatic heterocycles. The number of carbonyl (C=O) groups excluding carboxylic acids is 1. The van der Waals surface area contributed by atoms with Crippen LogP contribution in [0.3, 0.4) is 0 Å². The Balaban J connectivity index is 2.18. The summed E-state index contributed by atoms with van der Waals surface area (Å²) >= 11 is 0. The highest BCUT2D eigenvalue weighted by Gasteiger charge is 2.44. The van der Waals surface area contributed by atoms with E-state index in [0.29, 0.717) is 13.0 Å². The number of aliphatic hydroxyl groups excluding tert-OH is 4. The van der Waals surface area contributed by atoms with E-state index in [-0.39, 0.29) is 19.2 Å². The van der Waals surface area contributed by atoms with E-state index in [1.165, 1.54) is 205 Å². The molecule has 6 unspecified atom stereocenters. The van der Waals surface area contributed by atoms with E-state index in [4.69, 9.17) is 18.9 Å². The summed E-state index contributed by atoms with van der Waals surface area (Å²) in [4.78, 5) is 12.8. The molecule has 62 heavy (non-hydrogen) atoms. The zero-order valence-electron chi connectivity index (χ0n) is 40.6. The standard InChI is InChI=1S/C53H102O9/c1-3-5-7-9-11-13-15-17-19-21-23-24-26-28-30-32-34-36-38-40-42-49(55)61-47(46-60-53-52(58)51(57)50(56)48(44-54)62-53)45-59-43-41-39-37-35-33-31-29-27-25-22-20-18-16-14-12-10-8-6-4-2/h20,22,47-48,50-54,56-58H,3-19,21,23-46H2,1-2H3/b22-20-. The van der Waals surface area contributed by atoms with E-state index in [0.717, 1.165) is 32.1 Å². The summed E-state index contributed by atoms with van der Waals surface area (Å²) in [6, 6.07) is 0. The lowest BCUT2D eigenvalue weighted by Gasteiger charge is -2.39. The molecule has 1 aliphatic rings. The first-order chi connectivity index (χ1) is 30.4. The van der Waals surface area contributed by atoms with Gasteiger partial charge in [0.15, 0.2) is 6.29 Å². The third-order valence-corrected chi connectivity index (χ3v) is 12.7. The number of allylic oxidation sites excluding steroid dienone is 2. The van der Waals surface area contributed by atoms with Crippen molar-refractivity contribution >= 4 is 5.97 Å². The topological polar surface area (TPSA) is 135 Å². The lowest BCUT2D eigenvalue weighted by atomic mass is 9.99. The van der Waals surface area contributed by atoms with Crippen molar-refractivity contribution in [2.75, 3.05) is 26.4 Å². The van der Waals surface area contributed by atoms with E-state index in [1.54, 1.807) is 0 Å². The Morgan fingerprint density at radius 1 is 0.500 bits per heavy atom. The molecule has 9 nitrogen and oxygen atoms in total. The summed E-state index contributed by atoms with van der Waals surface area (Å²) in [7, 11) is 0. The molecule has 1 saturated heterocycles. The van der Waals surface area contributed by atoms with E-state index >= 15 is 0 Å². The molecule has 1 heterocycles. The third-order valence-electron chi connectivity index (χ3n) is 12.7. The minimum atomic E-state index is -1.53. The average Bonchev–Trinajstić information content (AvgIpc) is 3.27. The number of rotatable bonds is 47. The van der Waals surface area contributed by atoms with Crippen molar-refractivity contribution in [1.29, 1.82) is 0 Å². The summed E-state index contributed by atoms with van der Waals surface area (Å²) in [5, 5.41) is 40.3. The number of esters is 1. The van der Waals surface area contributed by atoms with Crippen molar-refractivity contribution < 1.29 is 44.2 Å². The summed E-state index contributed by atoms with van der Waals surface area (Å²) in [6.45, 7) is 4.61. The molecule has 0 aromatic carbocycles. The molecule has 0 bridgehead atoms. The number of ether oxygens (including phenoxy) is 4. The van der Waals surface area contributed by atoms with Crippen LogP contribution < -0.4 is 0 Å². The first kappa shape index (κ1) is 58.9. The van der Waals surface area contributed by atoms with Crippen LogP contribution in [0, 0.1) is 0 Å². The van der Waals surface area contributed by atoms with Crippen LogP contribution in [0.1, 0.15) is 258 Å². The molecular formula is C53H102O9. The van der Waals surface area contributed by atoms with Crippen LogP contribution in [-0.4, -0.2) is 89.6 Å². The summed E-state index contributed by atoms with van der Waals surface area (Å²) in [6.07, 6.45) is 45.3. The van der Waals surface area contributed by atoms with Crippen LogP contribution in [0.15, 0.2) is 12.2 Å². The van der Waals surface area contributed by atoms with Gasteiger partial charge in [0.25, 0.3) is 0 Å². The van der Waals surface area contributed by atoms with Crippen LogP contribution in [0.2, 0.25) is 0 Å². The summed E-state index contributed by atoms with van der Waals surface area (Å²) in [5.74, 6) is -0.307. The normalized spacial score (nSPS) is 19.7. The zero-order valence-corrected chi connectivity index (χ0v) is 40.6. The van der Waals surface area contributed by atoms with Crippen molar-refractivity contribution in [3.05, 3.63) is 12.2 Å². The van der Waals surface area contributed by atoms with E-state index in [9.17, 15) is 25.2 Å². The molecule has 0 aromatic rings.